The molecule has 1 aromatic rings. The van der Waals surface area contributed by atoms with Crippen molar-refractivity contribution in [2.45, 2.75) is 18.4 Å². The molecule has 0 spiro atoms. The van der Waals surface area contributed by atoms with Gasteiger partial charge in [0.1, 0.15) is 0 Å². The van der Waals surface area contributed by atoms with Crippen LogP contribution in [0.2, 0.25) is 5.02 Å². The van der Waals surface area contributed by atoms with Gasteiger partial charge in [-0.2, -0.15) is 0 Å². The normalized spacial score (nSPS) is 15.7. The van der Waals surface area contributed by atoms with Crippen molar-refractivity contribution < 1.29 is 9.59 Å². The van der Waals surface area contributed by atoms with Gasteiger partial charge in [-0.05, 0) is 30.5 Å². The van der Waals surface area contributed by atoms with Crippen molar-refractivity contribution in [1.29, 1.82) is 0 Å². The van der Waals surface area contributed by atoms with Gasteiger partial charge in [0, 0.05) is 5.02 Å². The Morgan fingerprint density at radius 2 is 2.05 bits per heavy atom. The third-order valence-electron chi connectivity index (χ3n) is 3.14. The average molecular weight is 282 g/mol. The van der Waals surface area contributed by atoms with Gasteiger partial charge in [-0.3, -0.25) is 9.59 Å². The predicted octanol–water partition coefficient (Wildman–Crippen LogP) is 0.520. The maximum absolute atomic E-state index is 11.8. The SMILES string of the molecule is NCC(=O)NCC(=O)NC1(c2cccc(Cl)c2)CC1. The van der Waals surface area contributed by atoms with Crippen LogP contribution in [0.15, 0.2) is 24.3 Å². The molecular weight excluding hydrogens is 266 g/mol. The number of carbonyl (C=O) groups is 2. The predicted molar refractivity (Wildman–Crippen MR) is 72.6 cm³/mol. The van der Waals surface area contributed by atoms with E-state index in [0.717, 1.165) is 18.4 Å². The van der Waals surface area contributed by atoms with Crippen molar-refractivity contribution in [1.82, 2.24) is 10.6 Å². The number of halogens is 1. The number of rotatable bonds is 5. The van der Waals surface area contributed by atoms with Crippen molar-refractivity contribution in [3.63, 3.8) is 0 Å². The second-order valence-electron chi connectivity index (χ2n) is 4.62. The Balaban J connectivity index is 1.95. The first-order valence-electron chi connectivity index (χ1n) is 6.09. The summed E-state index contributed by atoms with van der Waals surface area (Å²) in [5, 5.41) is 6.03. The summed E-state index contributed by atoms with van der Waals surface area (Å²) in [6.45, 7) is -0.176. The molecule has 102 valence electrons. The zero-order chi connectivity index (χ0) is 13.9. The lowest BCUT2D eigenvalue weighted by atomic mass is 10.1. The van der Waals surface area contributed by atoms with E-state index in [1.807, 2.05) is 18.2 Å². The van der Waals surface area contributed by atoms with E-state index in [2.05, 4.69) is 10.6 Å². The topological polar surface area (TPSA) is 84.2 Å². The fourth-order valence-corrected chi connectivity index (χ4v) is 2.15. The lowest BCUT2D eigenvalue weighted by molar-refractivity contribution is -0.126. The molecule has 2 amide bonds. The smallest absolute Gasteiger partial charge is 0.240 e. The molecule has 4 N–H and O–H groups in total. The highest BCUT2D eigenvalue weighted by molar-refractivity contribution is 6.30. The fraction of sp³-hybridized carbons (Fsp3) is 0.385. The molecule has 2 rings (SSSR count). The molecule has 0 bridgehead atoms. The maximum atomic E-state index is 11.8. The largest absolute Gasteiger partial charge is 0.346 e. The van der Waals surface area contributed by atoms with E-state index >= 15 is 0 Å². The van der Waals surface area contributed by atoms with Crippen LogP contribution in [-0.2, 0) is 15.1 Å². The lowest BCUT2D eigenvalue weighted by Crippen LogP contribution is -2.43. The van der Waals surface area contributed by atoms with E-state index in [4.69, 9.17) is 17.3 Å². The molecule has 1 saturated carbocycles. The van der Waals surface area contributed by atoms with Gasteiger partial charge in [0.25, 0.3) is 0 Å². The molecule has 5 nitrogen and oxygen atoms in total. The Bertz CT molecular complexity index is 500. The number of nitrogens with one attached hydrogen (secondary N) is 2. The Hall–Kier alpha value is -1.59. The quantitative estimate of drug-likeness (QED) is 0.736. The molecule has 1 aliphatic rings. The maximum Gasteiger partial charge on any atom is 0.240 e. The number of hydrogen-bond acceptors (Lipinski definition) is 3. The number of carbonyl (C=O) groups excluding carboxylic acids is 2. The van der Waals surface area contributed by atoms with Crippen LogP contribution >= 0.6 is 11.6 Å². The molecule has 1 fully saturated rings. The monoisotopic (exact) mass is 281 g/mol. The van der Waals surface area contributed by atoms with E-state index in [9.17, 15) is 9.59 Å². The van der Waals surface area contributed by atoms with Crippen molar-refractivity contribution in [2.24, 2.45) is 5.73 Å². The Kier molecular flexibility index (Phi) is 4.07. The van der Waals surface area contributed by atoms with E-state index in [1.54, 1.807) is 6.07 Å². The van der Waals surface area contributed by atoms with Gasteiger partial charge >= 0.3 is 0 Å². The molecular formula is C13H16ClN3O2. The Morgan fingerprint density at radius 3 is 2.63 bits per heavy atom. The van der Waals surface area contributed by atoms with E-state index < -0.39 is 0 Å². The zero-order valence-corrected chi connectivity index (χ0v) is 11.2. The summed E-state index contributed by atoms with van der Waals surface area (Å²) in [7, 11) is 0. The van der Waals surface area contributed by atoms with Gasteiger partial charge in [-0.15, -0.1) is 0 Å². The number of amides is 2. The average Bonchev–Trinajstić information content (AvgIpc) is 3.17. The van der Waals surface area contributed by atoms with Crippen LogP contribution in [0, 0.1) is 0 Å². The molecule has 0 radical (unpaired) electrons. The minimum absolute atomic E-state index is 0.0572. The Morgan fingerprint density at radius 1 is 1.32 bits per heavy atom. The molecule has 0 heterocycles. The second-order valence-corrected chi connectivity index (χ2v) is 5.06. The van der Waals surface area contributed by atoms with Gasteiger partial charge < -0.3 is 16.4 Å². The summed E-state index contributed by atoms with van der Waals surface area (Å²) in [6, 6.07) is 7.45. The minimum Gasteiger partial charge on any atom is -0.346 e. The lowest BCUT2D eigenvalue weighted by Gasteiger charge is -2.18. The molecule has 1 aromatic carbocycles. The summed E-state index contributed by atoms with van der Waals surface area (Å²) in [5.74, 6) is -0.568. The van der Waals surface area contributed by atoms with Gasteiger partial charge in [0.05, 0.1) is 18.6 Å². The van der Waals surface area contributed by atoms with Crippen LogP contribution in [0.5, 0.6) is 0 Å². The standard InChI is InChI=1S/C13H16ClN3O2/c14-10-3-1-2-9(6-10)13(4-5-13)17-12(19)8-16-11(18)7-15/h1-3,6H,4-5,7-8,15H2,(H,16,18)(H,17,19). The third kappa shape index (κ3) is 3.45. The molecule has 6 heteroatoms. The summed E-state index contributed by atoms with van der Waals surface area (Å²) in [5.41, 5.74) is 5.82. The molecule has 19 heavy (non-hydrogen) atoms. The highest BCUT2D eigenvalue weighted by Gasteiger charge is 2.45. The number of hydrogen-bond donors (Lipinski definition) is 3. The summed E-state index contributed by atoms with van der Waals surface area (Å²) < 4.78 is 0. The van der Waals surface area contributed by atoms with Crippen LogP contribution in [0.25, 0.3) is 0 Å². The molecule has 0 aromatic heterocycles. The van der Waals surface area contributed by atoms with Crippen molar-refractivity contribution in [3.8, 4) is 0 Å². The van der Waals surface area contributed by atoms with E-state index in [1.165, 1.54) is 0 Å². The molecule has 0 saturated heterocycles. The van der Waals surface area contributed by atoms with Gasteiger partial charge in [0.2, 0.25) is 11.8 Å². The highest BCUT2D eigenvalue weighted by atomic mass is 35.5. The molecule has 1 aliphatic carbocycles. The van der Waals surface area contributed by atoms with E-state index in [0.29, 0.717) is 5.02 Å². The van der Waals surface area contributed by atoms with Crippen LogP contribution in [0.3, 0.4) is 0 Å². The molecule has 0 unspecified atom stereocenters. The van der Waals surface area contributed by atoms with Gasteiger partial charge in [-0.25, -0.2) is 0 Å². The summed E-state index contributed by atoms with van der Waals surface area (Å²) in [6.07, 6.45) is 1.76. The number of nitrogens with two attached hydrogens (primary N) is 1. The first-order valence-corrected chi connectivity index (χ1v) is 6.47. The first kappa shape index (κ1) is 13.8. The first-order chi connectivity index (χ1) is 9.05. The summed E-state index contributed by atoms with van der Waals surface area (Å²) in [4.78, 5) is 22.8. The van der Waals surface area contributed by atoms with Gasteiger partial charge in [-0.1, -0.05) is 23.7 Å². The van der Waals surface area contributed by atoms with Crippen LogP contribution in [0.4, 0.5) is 0 Å². The fourth-order valence-electron chi connectivity index (χ4n) is 1.96. The van der Waals surface area contributed by atoms with E-state index in [-0.39, 0.29) is 30.4 Å². The van der Waals surface area contributed by atoms with Crippen molar-refractivity contribution >= 4 is 23.4 Å². The highest BCUT2D eigenvalue weighted by Crippen LogP contribution is 2.45. The zero-order valence-electron chi connectivity index (χ0n) is 10.4. The Labute approximate surface area is 116 Å². The number of benzene rings is 1. The van der Waals surface area contributed by atoms with Crippen LogP contribution in [-0.4, -0.2) is 24.9 Å². The molecule has 0 aliphatic heterocycles. The van der Waals surface area contributed by atoms with Crippen molar-refractivity contribution in [3.05, 3.63) is 34.9 Å². The van der Waals surface area contributed by atoms with Crippen molar-refractivity contribution in [2.75, 3.05) is 13.1 Å². The minimum atomic E-state index is -0.345. The third-order valence-corrected chi connectivity index (χ3v) is 3.37. The van der Waals surface area contributed by atoms with Crippen LogP contribution < -0.4 is 16.4 Å². The van der Waals surface area contributed by atoms with Gasteiger partial charge in [0.15, 0.2) is 0 Å². The summed E-state index contributed by atoms with van der Waals surface area (Å²) >= 11 is 5.95. The molecule has 0 atom stereocenters. The van der Waals surface area contributed by atoms with Crippen LogP contribution in [0.1, 0.15) is 18.4 Å². The second kappa shape index (κ2) is 5.59.